The van der Waals surface area contributed by atoms with Gasteiger partial charge in [0, 0.05) is 23.4 Å². The molecule has 0 heterocycles. The van der Waals surface area contributed by atoms with E-state index in [-0.39, 0.29) is 17.8 Å². The predicted molar refractivity (Wildman–Crippen MR) is 112 cm³/mol. The first kappa shape index (κ1) is 20.3. The maximum atomic E-state index is 12.1. The number of esters is 1. The van der Waals surface area contributed by atoms with Gasteiger partial charge >= 0.3 is 5.97 Å². The number of carbonyl (C=O) groups excluding carboxylic acids is 3. The van der Waals surface area contributed by atoms with Crippen LogP contribution >= 0.6 is 0 Å². The van der Waals surface area contributed by atoms with Gasteiger partial charge in [0.25, 0.3) is 5.91 Å². The Hall–Kier alpha value is -3.41. The molecule has 150 valence electrons. The number of nitrogens with one attached hydrogen (secondary N) is 2. The van der Waals surface area contributed by atoms with E-state index in [1.165, 1.54) is 6.08 Å². The third-order valence-corrected chi connectivity index (χ3v) is 4.34. The molecule has 1 saturated carbocycles. The van der Waals surface area contributed by atoms with Crippen molar-refractivity contribution in [1.29, 1.82) is 0 Å². The van der Waals surface area contributed by atoms with E-state index < -0.39 is 0 Å². The van der Waals surface area contributed by atoms with Crippen molar-refractivity contribution in [1.82, 2.24) is 5.32 Å². The van der Waals surface area contributed by atoms with Crippen molar-refractivity contribution in [2.75, 3.05) is 11.9 Å². The molecule has 6 heteroatoms. The zero-order valence-corrected chi connectivity index (χ0v) is 16.3. The van der Waals surface area contributed by atoms with Crippen LogP contribution < -0.4 is 10.6 Å². The van der Waals surface area contributed by atoms with E-state index in [1.807, 2.05) is 6.92 Å². The van der Waals surface area contributed by atoms with Crippen LogP contribution in [0.2, 0.25) is 0 Å². The molecule has 3 rings (SSSR count). The Balaban J connectivity index is 1.51. The second kappa shape index (κ2) is 9.68. The number of rotatable bonds is 8. The van der Waals surface area contributed by atoms with Crippen LogP contribution in [0.5, 0.6) is 0 Å². The van der Waals surface area contributed by atoms with E-state index in [4.69, 9.17) is 4.74 Å². The Morgan fingerprint density at radius 1 is 1.00 bits per heavy atom. The predicted octanol–water partition coefficient (Wildman–Crippen LogP) is 3.80. The molecule has 6 nitrogen and oxygen atoms in total. The molecule has 0 aliphatic heterocycles. The van der Waals surface area contributed by atoms with Gasteiger partial charge in [0.2, 0.25) is 5.91 Å². The second-order valence-corrected chi connectivity index (χ2v) is 6.91. The normalized spacial score (nSPS) is 13.1. The van der Waals surface area contributed by atoms with E-state index in [9.17, 15) is 14.4 Å². The minimum atomic E-state index is -0.376. The third-order valence-electron chi connectivity index (χ3n) is 4.34. The average Bonchev–Trinajstić information content (AvgIpc) is 3.55. The van der Waals surface area contributed by atoms with Gasteiger partial charge in [-0.25, -0.2) is 4.79 Å². The first-order valence-corrected chi connectivity index (χ1v) is 9.72. The highest BCUT2D eigenvalue weighted by molar-refractivity contribution is 6.02. The fourth-order valence-electron chi connectivity index (χ4n) is 2.57. The Kier molecular flexibility index (Phi) is 6.79. The Morgan fingerprint density at radius 2 is 1.66 bits per heavy atom. The lowest BCUT2D eigenvalue weighted by molar-refractivity contribution is -0.111. The summed E-state index contributed by atoms with van der Waals surface area (Å²) < 4.78 is 5.07. The molecule has 0 saturated heterocycles. The molecule has 1 fully saturated rings. The number of ether oxygens (including phenoxy) is 1. The van der Waals surface area contributed by atoms with Gasteiger partial charge in [-0.1, -0.05) is 19.1 Å². The lowest BCUT2D eigenvalue weighted by atomic mass is 10.1. The van der Waals surface area contributed by atoms with E-state index in [2.05, 4.69) is 10.6 Å². The van der Waals surface area contributed by atoms with Gasteiger partial charge in [-0.3, -0.25) is 9.59 Å². The van der Waals surface area contributed by atoms with E-state index in [0.29, 0.717) is 29.5 Å². The van der Waals surface area contributed by atoms with Gasteiger partial charge in [0.05, 0.1) is 12.2 Å². The summed E-state index contributed by atoms with van der Waals surface area (Å²) in [5.74, 6) is -0.733. The zero-order chi connectivity index (χ0) is 20.6. The molecule has 0 spiro atoms. The zero-order valence-electron chi connectivity index (χ0n) is 16.3. The van der Waals surface area contributed by atoms with E-state index in [1.54, 1.807) is 54.6 Å². The van der Waals surface area contributed by atoms with Gasteiger partial charge < -0.3 is 15.4 Å². The van der Waals surface area contributed by atoms with Gasteiger partial charge in [-0.15, -0.1) is 0 Å². The van der Waals surface area contributed by atoms with Crippen LogP contribution in [0.1, 0.15) is 52.5 Å². The molecule has 2 N–H and O–H groups in total. The van der Waals surface area contributed by atoms with Crippen LogP contribution in [0.3, 0.4) is 0 Å². The summed E-state index contributed by atoms with van der Waals surface area (Å²) in [6.45, 7) is 2.31. The standard InChI is InChI=1S/C23H24N2O4/c1-2-15-29-23(28)18-8-10-19(11-9-18)24-21(26)14-5-16-3-6-17(7-4-16)22(27)25-20-12-13-20/h3-11,14,20H,2,12-13,15H2,1H3,(H,24,26)(H,25,27)/b14-5+. The average molecular weight is 392 g/mol. The van der Waals surface area contributed by atoms with Crippen molar-refractivity contribution in [2.45, 2.75) is 32.2 Å². The maximum Gasteiger partial charge on any atom is 0.338 e. The molecule has 0 atom stereocenters. The van der Waals surface area contributed by atoms with Gasteiger partial charge in [-0.05, 0) is 67.3 Å². The number of hydrogen-bond donors (Lipinski definition) is 2. The molecular weight excluding hydrogens is 368 g/mol. The quantitative estimate of drug-likeness (QED) is 0.529. The highest BCUT2D eigenvalue weighted by Gasteiger charge is 2.23. The summed E-state index contributed by atoms with van der Waals surface area (Å²) in [6.07, 6.45) is 5.96. The second-order valence-electron chi connectivity index (χ2n) is 6.91. The SMILES string of the molecule is CCCOC(=O)c1ccc(NC(=O)/C=C/c2ccc(C(=O)NC3CC3)cc2)cc1. The van der Waals surface area contributed by atoms with Crippen LogP contribution in [0.15, 0.2) is 54.6 Å². The van der Waals surface area contributed by atoms with Crippen molar-refractivity contribution in [3.63, 3.8) is 0 Å². The summed E-state index contributed by atoms with van der Waals surface area (Å²) in [5, 5.41) is 5.68. The number of amides is 2. The molecule has 0 aromatic heterocycles. The van der Waals surface area contributed by atoms with E-state index in [0.717, 1.165) is 24.8 Å². The molecule has 2 aromatic rings. The molecule has 0 unspecified atom stereocenters. The van der Waals surface area contributed by atoms with Crippen molar-refractivity contribution in [3.05, 3.63) is 71.3 Å². The summed E-state index contributed by atoms with van der Waals surface area (Å²) in [6, 6.07) is 13.9. The number of carbonyl (C=O) groups is 3. The molecule has 0 bridgehead atoms. The minimum Gasteiger partial charge on any atom is -0.462 e. The topological polar surface area (TPSA) is 84.5 Å². The molecule has 1 aliphatic carbocycles. The lowest BCUT2D eigenvalue weighted by Gasteiger charge is -2.05. The molecule has 29 heavy (non-hydrogen) atoms. The monoisotopic (exact) mass is 392 g/mol. The van der Waals surface area contributed by atoms with Crippen LogP contribution in [0.25, 0.3) is 6.08 Å². The van der Waals surface area contributed by atoms with Crippen molar-refractivity contribution < 1.29 is 19.1 Å². The summed E-state index contributed by atoms with van der Waals surface area (Å²) in [4.78, 5) is 35.8. The molecule has 2 amide bonds. The van der Waals surface area contributed by atoms with E-state index >= 15 is 0 Å². The van der Waals surface area contributed by atoms with Crippen LogP contribution in [-0.2, 0) is 9.53 Å². The fourth-order valence-corrected chi connectivity index (χ4v) is 2.57. The lowest BCUT2D eigenvalue weighted by Crippen LogP contribution is -2.25. The fraction of sp³-hybridized carbons (Fsp3) is 0.261. The van der Waals surface area contributed by atoms with Gasteiger partial charge in [-0.2, -0.15) is 0 Å². The summed E-state index contributed by atoms with van der Waals surface area (Å²) >= 11 is 0. The highest BCUT2D eigenvalue weighted by Crippen LogP contribution is 2.19. The highest BCUT2D eigenvalue weighted by atomic mass is 16.5. The molecular formula is C23H24N2O4. The van der Waals surface area contributed by atoms with Crippen LogP contribution in [0.4, 0.5) is 5.69 Å². The first-order valence-electron chi connectivity index (χ1n) is 9.72. The number of anilines is 1. The molecule has 1 aliphatic rings. The summed E-state index contributed by atoms with van der Waals surface area (Å²) in [7, 11) is 0. The Bertz CT molecular complexity index is 897. The minimum absolute atomic E-state index is 0.0669. The Morgan fingerprint density at radius 3 is 2.28 bits per heavy atom. The third kappa shape index (κ3) is 6.31. The maximum absolute atomic E-state index is 12.1. The van der Waals surface area contributed by atoms with Crippen LogP contribution in [0, 0.1) is 0 Å². The largest absolute Gasteiger partial charge is 0.462 e. The number of hydrogen-bond acceptors (Lipinski definition) is 4. The van der Waals surface area contributed by atoms with Crippen LogP contribution in [-0.4, -0.2) is 30.4 Å². The van der Waals surface area contributed by atoms with Crippen molar-refractivity contribution >= 4 is 29.5 Å². The Labute approximate surface area is 170 Å². The number of benzene rings is 2. The van der Waals surface area contributed by atoms with Crippen molar-refractivity contribution in [3.8, 4) is 0 Å². The first-order chi connectivity index (χ1) is 14.0. The smallest absolute Gasteiger partial charge is 0.338 e. The van der Waals surface area contributed by atoms with Gasteiger partial charge in [0.1, 0.15) is 0 Å². The molecule has 2 aromatic carbocycles. The molecule has 0 radical (unpaired) electrons. The van der Waals surface area contributed by atoms with Crippen molar-refractivity contribution in [2.24, 2.45) is 0 Å². The summed E-state index contributed by atoms with van der Waals surface area (Å²) in [5.41, 5.74) is 2.45. The van der Waals surface area contributed by atoms with Gasteiger partial charge in [0.15, 0.2) is 0 Å².